The second kappa shape index (κ2) is 7.77. The highest BCUT2D eigenvalue weighted by Crippen LogP contribution is 2.23. The lowest BCUT2D eigenvalue weighted by Crippen LogP contribution is -2.17. The van der Waals surface area contributed by atoms with Crippen molar-refractivity contribution in [2.75, 3.05) is 0 Å². The Morgan fingerprint density at radius 1 is 1.06 bits per heavy atom. The average Bonchev–Trinajstić information content (AvgIpc) is 3.36. The minimum atomic E-state index is -0.305. The van der Waals surface area contributed by atoms with Crippen molar-refractivity contribution >= 4 is 5.65 Å². The standard InChI is InChI=1S/C23H18FN5O3/c1-14-22(23-27-26-15(2)32-23)25-20-8-7-18(12-29(14)20)28-10-9-19(11-21(28)30)31-13-16-3-5-17(24)6-4-16/h3-12H,13H2,1-2H3. The molecule has 0 aliphatic rings. The number of pyridine rings is 2. The van der Waals surface area contributed by atoms with Crippen molar-refractivity contribution in [1.82, 2.24) is 24.1 Å². The summed E-state index contributed by atoms with van der Waals surface area (Å²) in [7, 11) is 0. The molecule has 0 aliphatic heterocycles. The molecule has 4 heterocycles. The Labute approximate surface area is 181 Å². The van der Waals surface area contributed by atoms with Crippen LogP contribution in [-0.4, -0.2) is 24.1 Å². The van der Waals surface area contributed by atoms with Crippen LogP contribution in [0.5, 0.6) is 5.75 Å². The fraction of sp³-hybridized carbons (Fsp3) is 0.130. The van der Waals surface area contributed by atoms with Gasteiger partial charge < -0.3 is 13.6 Å². The maximum atomic E-state index is 13.0. The summed E-state index contributed by atoms with van der Waals surface area (Å²) in [5.74, 6) is 0.945. The van der Waals surface area contributed by atoms with E-state index < -0.39 is 0 Å². The number of hydrogen-bond acceptors (Lipinski definition) is 6. The highest BCUT2D eigenvalue weighted by atomic mass is 19.1. The summed E-state index contributed by atoms with van der Waals surface area (Å²) >= 11 is 0. The molecule has 0 atom stereocenters. The lowest BCUT2D eigenvalue weighted by atomic mass is 10.2. The zero-order valence-corrected chi connectivity index (χ0v) is 17.3. The van der Waals surface area contributed by atoms with Crippen molar-refractivity contribution in [2.45, 2.75) is 20.5 Å². The van der Waals surface area contributed by atoms with Gasteiger partial charge in [0.05, 0.1) is 11.4 Å². The molecule has 9 heteroatoms. The van der Waals surface area contributed by atoms with Gasteiger partial charge in [-0.25, -0.2) is 9.37 Å². The first kappa shape index (κ1) is 19.7. The van der Waals surface area contributed by atoms with Crippen molar-refractivity contribution in [2.24, 2.45) is 0 Å². The van der Waals surface area contributed by atoms with Gasteiger partial charge in [0.15, 0.2) is 0 Å². The van der Waals surface area contributed by atoms with Gasteiger partial charge in [0.1, 0.15) is 29.5 Å². The highest BCUT2D eigenvalue weighted by molar-refractivity contribution is 5.60. The van der Waals surface area contributed by atoms with E-state index in [9.17, 15) is 9.18 Å². The Morgan fingerprint density at radius 3 is 2.59 bits per heavy atom. The minimum absolute atomic E-state index is 0.238. The van der Waals surface area contributed by atoms with Gasteiger partial charge in [-0.05, 0) is 42.8 Å². The molecule has 5 aromatic rings. The molecule has 5 rings (SSSR count). The van der Waals surface area contributed by atoms with Gasteiger partial charge in [-0.3, -0.25) is 9.36 Å². The van der Waals surface area contributed by atoms with Gasteiger partial charge in [0.2, 0.25) is 5.89 Å². The third-order valence-corrected chi connectivity index (χ3v) is 5.06. The summed E-state index contributed by atoms with van der Waals surface area (Å²) in [6.45, 7) is 3.86. The predicted molar refractivity (Wildman–Crippen MR) is 114 cm³/mol. The van der Waals surface area contributed by atoms with Gasteiger partial charge in [-0.2, -0.15) is 0 Å². The maximum Gasteiger partial charge on any atom is 0.268 e. The lowest BCUT2D eigenvalue weighted by Gasteiger charge is -2.10. The van der Waals surface area contributed by atoms with Crippen molar-refractivity contribution in [3.63, 3.8) is 0 Å². The van der Waals surface area contributed by atoms with E-state index in [2.05, 4.69) is 15.2 Å². The van der Waals surface area contributed by atoms with E-state index in [0.29, 0.717) is 34.6 Å². The van der Waals surface area contributed by atoms with Gasteiger partial charge in [0, 0.05) is 25.4 Å². The van der Waals surface area contributed by atoms with Gasteiger partial charge in [0.25, 0.3) is 11.4 Å². The van der Waals surface area contributed by atoms with Gasteiger partial charge in [-0.1, -0.05) is 12.1 Å². The third kappa shape index (κ3) is 3.64. The number of ether oxygens (including phenoxy) is 1. The second-order valence-corrected chi connectivity index (χ2v) is 7.27. The molecule has 0 fully saturated rings. The number of benzene rings is 1. The van der Waals surface area contributed by atoms with Gasteiger partial charge >= 0.3 is 0 Å². The van der Waals surface area contributed by atoms with Crippen molar-refractivity contribution in [1.29, 1.82) is 0 Å². The Bertz CT molecular complexity index is 1480. The van der Waals surface area contributed by atoms with E-state index in [1.54, 1.807) is 31.3 Å². The van der Waals surface area contributed by atoms with Crippen LogP contribution in [-0.2, 0) is 6.61 Å². The first-order valence-electron chi connectivity index (χ1n) is 9.87. The SMILES string of the molecule is Cc1nnc(-c2nc3ccc(-n4ccc(OCc5ccc(F)cc5)cc4=O)cn3c2C)o1. The van der Waals surface area contributed by atoms with E-state index in [4.69, 9.17) is 9.15 Å². The summed E-state index contributed by atoms with van der Waals surface area (Å²) in [5, 5.41) is 7.90. The van der Waals surface area contributed by atoms with Crippen LogP contribution in [0.3, 0.4) is 0 Å². The average molecular weight is 431 g/mol. The number of nitrogens with zero attached hydrogens (tertiary/aromatic N) is 5. The lowest BCUT2D eigenvalue weighted by molar-refractivity contribution is 0.305. The van der Waals surface area contributed by atoms with Gasteiger partial charge in [-0.15, -0.1) is 10.2 Å². The van der Waals surface area contributed by atoms with Crippen molar-refractivity contribution in [3.8, 4) is 23.0 Å². The smallest absolute Gasteiger partial charge is 0.268 e. The molecule has 4 aromatic heterocycles. The number of imidazole rings is 1. The zero-order chi connectivity index (χ0) is 22.2. The number of aryl methyl sites for hydroxylation is 2. The molecule has 1 aromatic carbocycles. The van der Waals surface area contributed by atoms with Crippen LogP contribution in [0.4, 0.5) is 4.39 Å². The fourth-order valence-electron chi connectivity index (χ4n) is 3.40. The molecular weight excluding hydrogens is 413 g/mol. The highest BCUT2D eigenvalue weighted by Gasteiger charge is 2.16. The van der Waals surface area contributed by atoms with E-state index in [-0.39, 0.29) is 18.0 Å². The number of aromatic nitrogens is 5. The molecule has 0 saturated heterocycles. The summed E-state index contributed by atoms with van der Waals surface area (Å²) in [5.41, 5.74) is 3.35. The molecule has 160 valence electrons. The fourth-order valence-corrected chi connectivity index (χ4v) is 3.40. The van der Waals surface area contributed by atoms with Crippen LogP contribution in [0.2, 0.25) is 0 Å². The van der Waals surface area contributed by atoms with Crippen molar-refractivity contribution < 1.29 is 13.5 Å². The second-order valence-electron chi connectivity index (χ2n) is 7.27. The molecule has 0 bridgehead atoms. The number of fused-ring (bicyclic) bond motifs is 1. The van der Waals surface area contributed by atoms with Crippen LogP contribution >= 0.6 is 0 Å². The predicted octanol–water partition coefficient (Wildman–Crippen LogP) is 3.87. The molecule has 0 N–H and O–H groups in total. The van der Waals surface area contributed by atoms with Crippen LogP contribution in [0.1, 0.15) is 17.1 Å². The molecule has 0 spiro atoms. The number of halogens is 1. The van der Waals surface area contributed by atoms with Crippen molar-refractivity contribution in [3.05, 3.63) is 94.2 Å². The molecule has 0 aliphatic carbocycles. The molecular formula is C23H18FN5O3. The molecule has 0 radical (unpaired) electrons. The maximum absolute atomic E-state index is 13.0. The molecule has 0 saturated carbocycles. The molecule has 8 nitrogen and oxygen atoms in total. The quantitative estimate of drug-likeness (QED) is 0.420. The monoisotopic (exact) mass is 431 g/mol. The van der Waals surface area contributed by atoms with Crippen LogP contribution < -0.4 is 10.3 Å². The Hall–Kier alpha value is -4.27. The zero-order valence-electron chi connectivity index (χ0n) is 17.3. The summed E-state index contributed by atoms with van der Waals surface area (Å²) in [6, 6.07) is 12.8. The Kier molecular flexibility index (Phi) is 4.78. The summed E-state index contributed by atoms with van der Waals surface area (Å²) in [6.07, 6.45) is 3.48. The first-order valence-corrected chi connectivity index (χ1v) is 9.87. The van der Waals surface area contributed by atoms with E-state index >= 15 is 0 Å². The molecule has 32 heavy (non-hydrogen) atoms. The van der Waals surface area contributed by atoms with Crippen LogP contribution in [0.25, 0.3) is 22.9 Å². The molecule has 0 unspecified atom stereocenters. The van der Waals surface area contributed by atoms with Crippen LogP contribution in [0, 0.1) is 19.7 Å². The number of rotatable bonds is 5. The minimum Gasteiger partial charge on any atom is -0.489 e. The topological polar surface area (TPSA) is 87.5 Å². The Balaban J connectivity index is 1.42. The van der Waals surface area contributed by atoms with E-state index in [1.165, 1.54) is 22.8 Å². The normalized spacial score (nSPS) is 11.2. The summed E-state index contributed by atoms with van der Waals surface area (Å²) < 4.78 is 27.6. The Morgan fingerprint density at radius 2 is 1.88 bits per heavy atom. The summed E-state index contributed by atoms with van der Waals surface area (Å²) in [4.78, 5) is 17.3. The van der Waals surface area contributed by atoms with Crippen LogP contribution in [0.15, 0.2) is 70.1 Å². The largest absolute Gasteiger partial charge is 0.489 e. The third-order valence-electron chi connectivity index (χ3n) is 5.06. The first-order chi connectivity index (χ1) is 15.5. The van der Waals surface area contributed by atoms with E-state index in [1.807, 2.05) is 29.7 Å². The molecule has 0 amide bonds. The van der Waals surface area contributed by atoms with E-state index in [0.717, 1.165) is 11.3 Å². The number of hydrogen-bond donors (Lipinski definition) is 0.